The number of hydrogen-bond acceptors (Lipinski definition) is 2. The standard InChI is InChI=1S/C9H14O2Si/c1-3-11-12(10-2)9-7-5-4-6-8-9/h4-8,12H,3H2,1-2H3. The SMILES string of the molecule is CCO[SiH](OC)c1ccccc1. The van der Waals surface area contributed by atoms with Crippen molar-refractivity contribution in [2.45, 2.75) is 6.92 Å². The van der Waals surface area contributed by atoms with Crippen LogP contribution in [0.15, 0.2) is 30.3 Å². The van der Waals surface area contributed by atoms with Crippen molar-refractivity contribution >= 4 is 14.5 Å². The van der Waals surface area contributed by atoms with Gasteiger partial charge < -0.3 is 8.85 Å². The van der Waals surface area contributed by atoms with Gasteiger partial charge in [-0.1, -0.05) is 30.3 Å². The van der Waals surface area contributed by atoms with Crippen LogP contribution in [0.1, 0.15) is 6.92 Å². The minimum absolute atomic E-state index is 0.722. The Hall–Kier alpha value is -0.643. The summed E-state index contributed by atoms with van der Waals surface area (Å²) in [6.45, 7) is 2.71. The van der Waals surface area contributed by atoms with Crippen LogP contribution in [0, 0.1) is 0 Å². The molecule has 0 aliphatic rings. The maximum Gasteiger partial charge on any atom is 0.355 e. The Labute approximate surface area is 75.0 Å². The van der Waals surface area contributed by atoms with Crippen molar-refractivity contribution in [2.24, 2.45) is 0 Å². The van der Waals surface area contributed by atoms with Crippen molar-refractivity contribution < 1.29 is 8.85 Å². The summed E-state index contributed by atoms with van der Waals surface area (Å²) in [5.74, 6) is 0. The van der Waals surface area contributed by atoms with E-state index in [1.54, 1.807) is 7.11 Å². The predicted molar refractivity (Wildman–Crippen MR) is 51.9 cm³/mol. The first-order chi connectivity index (χ1) is 5.88. The Morgan fingerprint density at radius 3 is 2.42 bits per heavy atom. The van der Waals surface area contributed by atoms with Gasteiger partial charge in [0.05, 0.1) is 0 Å². The molecule has 1 aromatic rings. The second-order valence-corrected chi connectivity index (χ2v) is 4.57. The molecule has 2 nitrogen and oxygen atoms in total. The zero-order chi connectivity index (χ0) is 8.81. The smallest absolute Gasteiger partial charge is 0.355 e. The molecule has 12 heavy (non-hydrogen) atoms. The second kappa shape index (κ2) is 5.08. The van der Waals surface area contributed by atoms with E-state index in [0.717, 1.165) is 6.61 Å². The number of benzene rings is 1. The van der Waals surface area contributed by atoms with Gasteiger partial charge in [-0.3, -0.25) is 0 Å². The molecule has 0 aromatic heterocycles. The lowest BCUT2D eigenvalue weighted by atomic mass is 10.4. The van der Waals surface area contributed by atoms with Crippen molar-refractivity contribution in [3.63, 3.8) is 0 Å². The molecular formula is C9H14O2Si. The second-order valence-electron chi connectivity index (χ2n) is 2.43. The molecule has 1 atom stereocenters. The van der Waals surface area contributed by atoms with Crippen LogP contribution in [0.4, 0.5) is 0 Å². The van der Waals surface area contributed by atoms with Gasteiger partial charge in [0.1, 0.15) is 0 Å². The van der Waals surface area contributed by atoms with Gasteiger partial charge in [-0.25, -0.2) is 0 Å². The van der Waals surface area contributed by atoms with E-state index in [0.29, 0.717) is 0 Å². The van der Waals surface area contributed by atoms with Crippen LogP contribution >= 0.6 is 0 Å². The topological polar surface area (TPSA) is 18.5 Å². The van der Waals surface area contributed by atoms with Gasteiger partial charge in [-0.15, -0.1) is 0 Å². The van der Waals surface area contributed by atoms with Crippen molar-refractivity contribution in [1.29, 1.82) is 0 Å². The minimum Gasteiger partial charge on any atom is -0.397 e. The zero-order valence-electron chi connectivity index (χ0n) is 7.49. The molecular weight excluding hydrogens is 168 g/mol. The Balaban J connectivity index is 2.66. The third kappa shape index (κ3) is 2.44. The van der Waals surface area contributed by atoms with Crippen molar-refractivity contribution in [1.82, 2.24) is 0 Å². The Kier molecular flexibility index (Phi) is 4.00. The summed E-state index contributed by atoms with van der Waals surface area (Å²) in [6, 6.07) is 10.1. The molecule has 1 unspecified atom stereocenters. The van der Waals surface area contributed by atoms with Gasteiger partial charge in [0.15, 0.2) is 0 Å². The van der Waals surface area contributed by atoms with Gasteiger partial charge in [-0.2, -0.15) is 0 Å². The normalized spacial score (nSPS) is 12.8. The molecule has 0 spiro atoms. The van der Waals surface area contributed by atoms with Crippen LogP contribution in [-0.4, -0.2) is 23.0 Å². The lowest BCUT2D eigenvalue weighted by Gasteiger charge is -2.12. The molecule has 1 rings (SSSR count). The fourth-order valence-corrected chi connectivity index (χ4v) is 2.50. The monoisotopic (exact) mass is 182 g/mol. The molecule has 0 N–H and O–H groups in total. The highest BCUT2D eigenvalue weighted by Crippen LogP contribution is 1.91. The van der Waals surface area contributed by atoms with Gasteiger partial charge in [0.25, 0.3) is 0 Å². The van der Waals surface area contributed by atoms with E-state index in [1.165, 1.54) is 5.19 Å². The summed E-state index contributed by atoms with van der Waals surface area (Å²) in [6.07, 6.45) is 0. The summed E-state index contributed by atoms with van der Waals surface area (Å²) in [7, 11) is 0.137. The number of hydrogen-bond donors (Lipinski definition) is 0. The molecule has 0 radical (unpaired) electrons. The molecule has 0 saturated carbocycles. The van der Waals surface area contributed by atoms with E-state index in [4.69, 9.17) is 8.85 Å². The largest absolute Gasteiger partial charge is 0.397 e. The average molecular weight is 182 g/mol. The summed E-state index contributed by atoms with van der Waals surface area (Å²) >= 11 is 0. The highest BCUT2D eigenvalue weighted by molar-refractivity contribution is 6.61. The summed E-state index contributed by atoms with van der Waals surface area (Å²) in [5, 5.41) is 1.20. The van der Waals surface area contributed by atoms with E-state index in [-0.39, 0.29) is 0 Å². The van der Waals surface area contributed by atoms with Gasteiger partial charge in [0, 0.05) is 13.7 Å². The Morgan fingerprint density at radius 1 is 1.25 bits per heavy atom. The third-order valence-electron chi connectivity index (χ3n) is 1.60. The van der Waals surface area contributed by atoms with Crippen LogP contribution in [0.3, 0.4) is 0 Å². The van der Waals surface area contributed by atoms with E-state index < -0.39 is 9.28 Å². The van der Waals surface area contributed by atoms with Crippen LogP contribution in [0.2, 0.25) is 0 Å². The summed E-state index contributed by atoms with van der Waals surface area (Å²) in [4.78, 5) is 0. The number of rotatable bonds is 4. The first-order valence-corrected chi connectivity index (χ1v) is 5.59. The molecule has 0 saturated heterocycles. The van der Waals surface area contributed by atoms with E-state index >= 15 is 0 Å². The quantitative estimate of drug-likeness (QED) is 0.641. The summed E-state index contributed by atoms with van der Waals surface area (Å²) in [5.41, 5.74) is 0. The molecule has 0 aliphatic heterocycles. The van der Waals surface area contributed by atoms with E-state index in [9.17, 15) is 0 Å². The molecule has 3 heteroatoms. The van der Waals surface area contributed by atoms with Gasteiger partial charge in [-0.05, 0) is 12.1 Å². The van der Waals surface area contributed by atoms with Crippen molar-refractivity contribution in [3.8, 4) is 0 Å². The molecule has 0 fully saturated rings. The highest BCUT2D eigenvalue weighted by Gasteiger charge is 2.12. The Bertz CT molecular complexity index is 213. The third-order valence-corrected chi connectivity index (χ3v) is 3.60. The summed E-state index contributed by atoms with van der Waals surface area (Å²) < 4.78 is 10.8. The zero-order valence-corrected chi connectivity index (χ0v) is 8.64. The van der Waals surface area contributed by atoms with Crippen LogP contribution < -0.4 is 5.19 Å². The maximum absolute atomic E-state index is 5.49. The van der Waals surface area contributed by atoms with Crippen molar-refractivity contribution in [3.05, 3.63) is 30.3 Å². The molecule has 0 amide bonds. The molecule has 0 aliphatic carbocycles. The van der Waals surface area contributed by atoms with Crippen molar-refractivity contribution in [2.75, 3.05) is 13.7 Å². The van der Waals surface area contributed by atoms with Crippen LogP contribution in [0.5, 0.6) is 0 Å². The first-order valence-electron chi connectivity index (χ1n) is 4.07. The minimum atomic E-state index is -1.57. The predicted octanol–water partition coefficient (Wildman–Crippen LogP) is 0.797. The fraction of sp³-hybridized carbons (Fsp3) is 0.333. The average Bonchev–Trinajstić information content (AvgIpc) is 2.15. The Morgan fingerprint density at radius 2 is 1.92 bits per heavy atom. The molecule has 0 heterocycles. The first kappa shape index (κ1) is 9.44. The molecule has 66 valence electrons. The van der Waals surface area contributed by atoms with E-state index in [1.807, 2.05) is 25.1 Å². The molecule has 0 bridgehead atoms. The van der Waals surface area contributed by atoms with E-state index in [2.05, 4.69) is 12.1 Å². The fourth-order valence-electron chi connectivity index (χ4n) is 1.06. The van der Waals surface area contributed by atoms with Gasteiger partial charge >= 0.3 is 9.28 Å². The lowest BCUT2D eigenvalue weighted by Crippen LogP contribution is -2.35. The maximum atomic E-state index is 5.49. The highest BCUT2D eigenvalue weighted by atomic mass is 28.3. The van der Waals surface area contributed by atoms with Gasteiger partial charge in [0.2, 0.25) is 0 Å². The van der Waals surface area contributed by atoms with Crippen LogP contribution in [-0.2, 0) is 8.85 Å². The van der Waals surface area contributed by atoms with Crippen LogP contribution in [0.25, 0.3) is 0 Å². The lowest BCUT2D eigenvalue weighted by molar-refractivity contribution is 0.253. The molecule has 1 aromatic carbocycles.